The van der Waals surface area contributed by atoms with E-state index in [4.69, 9.17) is 5.26 Å². The Morgan fingerprint density at radius 2 is 1.67 bits per heavy atom. The lowest BCUT2D eigenvalue weighted by Gasteiger charge is -2.24. The fraction of sp³-hybridized carbons (Fsp3) is 0.290. The monoisotopic (exact) mass is 481 g/mol. The van der Waals surface area contributed by atoms with Crippen LogP contribution in [0.25, 0.3) is 0 Å². The summed E-state index contributed by atoms with van der Waals surface area (Å²) in [5, 5.41) is 18.7. The van der Waals surface area contributed by atoms with Crippen LogP contribution in [0, 0.1) is 30.1 Å². The molecule has 1 aliphatic heterocycles. The molecule has 0 spiro atoms. The number of aromatic nitrogens is 1. The second-order valence-corrected chi connectivity index (χ2v) is 8.49. The molecule has 4 rings (SSSR count). The molecule has 0 fully saturated rings. The van der Waals surface area contributed by atoms with Gasteiger partial charge >= 0.3 is 0 Å². The summed E-state index contributed by atoms with van der Waals surface area (Å²) >= 11 is 0. The van der Waals surface area contributed by atoms with Crippen LogP contribution in [0.1, 0.15) is 37.8 Å². The molecule has 188 valence electrons. The van der Waals surface area contributed by atoms with Gasteiger partial charge in [-0.15, -0.1) is 19.4 Å². The average Bonchev–Trinajstić information content (AvgIpc) is 2.95. The number of hydrogen-bond donors (Lipinski definition) is 3. The molecule has 0 bridgehead atoms. The van der Waals surface area contributed by atoms with Crippen molar-refractivity contribution in [2.45, 2.75) is 32.7 Å². The summed E-state index contributed by atoms with van der Waals surface area (Å²) in [7, 11) is 0. The van der Waals surface area contributed by atoms with E-state index in [-0.39, 0.29) is 0 Å². The first-order chi connectivity index (χ1) is 17.5. The van der Waals surface area contributed by atoms with Crippen LogP contribution in [0.5, 0.6) is 0 Å². The van der Waals surface area contributed by atoms with Crippen molar-refractivity contribution < 1.29 is 0 Å². The average molecular weight is 482 g/mol. The molecule has 5 heteroatoms. The second-order valence-electron chi connectivity index (χ2n) is 8.49. The lowest BCUT2D eigenvalue weighted by atomic mass is 10.00. The topological polar surface area (TPSA) is 72.8 Å². The standard InChI is InChI=1S/C15H20N2.C8H11N3.C6H6.C2H2/c1-4-12(2)10-17-11-13(3)15-7-5-14(9-16)6-8-15;1-6-5-10-7-3-2-4-9-8(7)11-6;1-2-4-6-5-3-1;1-2/h4-8,12-13,17H,1,10-11H2,2-3H3;2-4,6,10H,5H2,1H3,(H,9,11);1-6H;1-2H/t;6-;;/m.1../s1. The highest BCUT2D eigenvalue weighted by atomic mass is 15.1. The Labute approximate surface area is 217 Å². The maximum absolute atomic E-state index is 8.72. The number of pyridine rings is 1. The van der Waals surface area contributed by atoms with Crippen molar-refractivity contribution in [2.24, 2.45) is 5.92 Å². The lowest BCUT2D eigenvalue weighted by molar-refractivity contribution is 0.559. The molecule has 2 aromatic carbocycles. The molecular weight excluding hydrogens is 442 g/mol. The van der Waals surface area contributed by atoms with Gasteiger partial charge in [0.05, 0.1) is 17.3 Å². The van der Waals surface area contributed by atoms with Gasteiger partial charge in [0.25, 0.3) is 0 Å². The lowest BCUT2D eigenvalue weighted by Crippen LogP contribution is -2.30. The third kappa shape index (κ3) is 11.9. The number of fused-ring (bicyclic) bond motifs is 1. The summed E-state index contributed by atoms with van der Waals surface area (Å²) in [5.41, 5.74) is 3.09. The zero-order valence-electron chi connectivity index (χ0n) is 21.7. The SMILES string of the molecule is C#C.C=CC(C)CNCC(C)c1ccc(C#N)cc1.C[C@@H]1CNc2cccnc2N1.c1ccccc1. The van der Waals surface area contributed by atoms with Crippen molar-refractivity contribution in [3.63, 3.8) is 0 Å². The van der Waals surface area contributed by atoms with Crippen LogP contribution in [0.15, 0.2) is 91.6 Å². The zero-order valence-corrected chi connectivity index (χ0v) is 21.7. The number of nitriles is 1. The van der Waals surface area contributed by atoms with Gasteiger partial charge in [0, 0.05) is 31.9 Å². The first-order valence-electron chi connectivity index (χ1n) is 12.2. The van der Waals surface area contributed by atoms with Gasteiger partial charge in [0.15, 0.2) is 0 Å². The molecule has 1 aromatic heterocycles. The second kappa shape index (κ2) is 18.3. The van der Waals surface area contributed by atoms with Gasteiger partial charge in [0.1, 0.15) is 5.82 Å². The number of nitrogens with zero attached hydrogens (tertiary/aromatic N) is 2. The molecule has 36 heavy (non-hydrogen) atoms. The third-order valence-corrected chi connectivity index (χ3v) is 5.38. The number of anilines is 2. The predicted molar refractivity (Wildman–Crippen MR) is 154 cm³/mol. The van der Waals surface area contributed by atoms with Gasteiger partial charge in [-0.1, -0.05) is 68.5 Å². The van der Waals surface area contributed by atoms with Crippen LogP contribution in [0.4, 0.5) is 11.5 Å². The quantitative estimate of drug-likeness (QED) is 0.284. The van der Waals surface area contributed by atoms with Crippen LogP contribution < -0.4 is 16.0 Å². The van der Waals surface area contributed by atoms with E-state index in [1.165, 1.54) is 5.56 Å². The molecule has 1 aliphatic rings. The van der Waals surface area contributed by atoms with Crippen molar-refractivity contribution in [3.8, 4) is 18.9 Å². The van der Waals surface area contributed by atoms with Crippen LogP contribution >= 0.6 is 0 Å². The summed E-state index contributed by atoms with van der Waals surface area (Å²) < 4.78 is 0. The van der Waals surface area contributed by atoms with Gasteiger partial charge in [0.2, 0.25) is 0 Å². The maximum atomic E-state index is 8.72. The molecule has 0 aliphatic carbocycles. The molecule has 3 N–H and O–H groups in total. The van der Waals surface area contributed by atoms with E-state index < -0.39 is 0 Å². The summed E-state index contributed by atoms with van der Waals surface area (Å²) in [4.78, 5) is 4.20. The van der Waals surface area contributed by atoms with Crippen molar-refractivity contribution in [1.29, 1.82) is 5.26 Å². The van der Waals surface area contributed by atoms with Crippen LogP contribution in [-0.2, 0) is 0 Å². The van der Waals surface area contributed by atoms with E-state index in [9.17, 15) is 0 Å². The van der Waals surface area contributed by atoms with Crippen molar-refractivity contribution in [3.05, 3.63) is 103 Å². The van der Waals surface area contributed by atoms with Gasteiger partial charge in [-0.25, -0.2) is 4.98 Å². The van der Waals surface area contributed by atoms with E-state index in [1.54, 1.807) is 6.20 Å². The molecule has 0 radical (unpaired) electrons. The molecule has 2 unspecified atom stereocenters. The molecule has 5 nitrogen and oxygen atoms in total. The minimum absolute atomic E-state index is 0.458. The van der Waals surface area contributed by atoms with Gasteiger partial charge in [-0.2, -0.15) is 5.26 Å². The summed E-state index contributed by atoms with van der Waals surface area (Å²) in [6, 6.07) is 26.4. The Balaban J connectivity index is 0.000000289. The summed E-state index contributed by atoms with van der Waals surface area (Å²) in [6.45, 7) is 13.1. The number of benzene rings is 2. The molecule has 0 saturated carbocycles. The largest absolute Gasteiger partial charge is 0.380 e. The Kier molecular flexibility index (Phi) is 15.2. The first kappa shape index (κ1) is 30.0. The van der Waals surface area contributed by atoms with Crippen LogP contribution in [0.3, 0.4) is 0 Å². The normalized spacial score (nSPS) is 14.4. The van der Waals surface area contributed by atoms with Gasteiger partial charge in [-0.05, 0) is 48.6 Å². The maximum Gasteiger partial charge on any atom is 0.149 e. The van der Waals surface area contributed by atoms with Crippen molar-refractivity contribution in [2.75, 3.05) is 30.3 Å². The van der Waals surface area contributed by atoms with E-state index in [0.717, 1.165) is 31.1 Å². The minimum Gasteiger partial charge on any atom is -0.380 e. The highest BCUT2D eigenvalue weighted by Crippen LogP contribution is 2.21. The van der Waals surface area contributed by atoms with E-state index in [0.29, 0.717) is 23.4 Å². The molecule has 2 heterocycles. The summed E-state index contributed by atoms with van der Waals surface area (Å²) in [6.07, 6.45) is 11.8. The van der Waals surface area contributed by atoms with Crippen LogP contribution in [0.2, 0.25) is 0 Å². The molecule has 0 saturated heterocycles. The molecular formula is C31H39N5. The Morgan fingerprint density at radius 3 is 2.22 bits per heavy atom. The number of nitrogens with one attached hydrogen (secondary N) is 3. The van der Waals surface area contributed by atoms with E-state index >= 15 is 0 Å². The van der Waals surface area contributed by atoms with E-state index in [1.807, 2.05) is 78.9 Å². The first-order valence-corrected chi connectivity index (χ1v) is 12.2. The number of rotatable bonds is 6. The molecule has 3 atom stereocenters. The Bertz CT molecular complexity index is 1010. The highest BCUT2D eigenvalue weighted by Gasteiger charge is 2.12. The van der Waals surface area contributed by atoms with Crippen LogP contribution in [-0.4, -0.2) is 30.7 Å². The smallest absolute Gasteiger partial charge is 0.149 e. The zero-order chi connectivity index (χ0) is 26.6. The predicted octanol–water partition coefficient (Wildman–Crippen LogP) is 6.32. The van der Waals surface area contributed by atoms with Crippen molar-refractivity contribution >= 4 is 11.5 Å². The Morgan fingerprint density at radius 1 is 1.06 bits per heavy atom. The molecule has 0 amide bonds. The van der Waals surface area contributed by atoms with Gasteiger partial charge < -0.3 is 16.0 Å². The highest BCUT2D eigenvalue weighted by molar-refractivity contribution is 5.66. The van der Waals surface area contributed by atoms with Crippen molar-refractivity contribution in [1.82, 2.24) is 10.3 Å². The fourth-order valence-corrected chi connectivity index (χ4v) is 3.21. The van der Waals surface area contributed by atoms with Gasteiger partial charge in [-0.3, -0.25) is 0 Å². The van der Waals surface area contributed by atoms with E-state index in [2.05, 4.69) is 67.2 Å². The molecule has 3 aromatic rings. The minimum atomic E-state index is 0.458. The summed E-state index contributed by atoms with van der Waals surface area (Å²) in [5.74, 6) is 1.93. The third-order valence-electron chi connectivity index (χ3n) is 5.38. The number of terminal acetylenes is 1. The fourth-order valence-electron chi connectivity index (χ4n) is 3.21. The Hall–Kier alpha value is -4.06. The number of hydrogen-bond acceptors (Lipinski definition) is 5.